The smallest absolute Gasteiger partial charge is 0.235 e. The number of ether oxygens (including phenoxy) is 1. The molecule has 0 unspecified atom stereocenters. The van der Waals surface area contributed by atoms with Gasteiger partial charge in [-0.05, 0) is 31.4 Å². The normalized spacial score (nSPS) is 17.3. The molecule has 0 spiro atoms. The molecule has 1 saturated carbocycles. The van der Waals surface area contributed by atoms with E-state index in [9.17, 15) is 4.79 Å². The van der Waals surface area contributed by atoms with Gasteiger partial charge >= 0.3 is 0 Å². The van der Waals surface area contributed by atoms with Crippen LogP contribution in [0.4, 0.5) is 0 Å². The van der Waals surface area contributed by atoms with E-state index in [-0.39, 0.29) is 0 Å². The van der Waals surface area contributed by atoms with Crippen molar-refractivity contribution >= 4 is 17.7 Å². The number of rotatable bonds is 3. The molecule has 1 aromatic carbocycles. The fraction of sp³-hybridized carbons (Fsp3) is 0.500. The standard InChI is InChI=1S/C14H16ClNO2/c1-10-5-6-11(15)13(18-2)12(10)14(16-9-17)7-3-4-8-14/h5-6H,3-4,7-8H2,1-2H3. The van der Waals surface area contributed by atoms with Crippen LogP contribution in [-0.4, -0.2) is 13.2 Å². The van der Waals surface area contributed by atoms with Crippen molar-refractivity contribution in [1.29, 1.82) is 0 Å². The first-order valence-corrected chi connectivity index (χ1v) is 6.45. The molecule has 1 fully saturated rings. The molecule has 18 heavy (non-hydrogen) atoms. The molecule has 0 bridgehead atoms. The van der Waals surface area contributed by atoms with E-state index in [4.69, 9.17) is 16.3 Å². The summed E-state index contributed by atoms with van der Waals surface area (Å²) in [5.41, 5.74) is 1.50. The van der Waals surface area contributed by atoms with Crippen molar-refractivity contribution in [2.24, 2.45) is 4.99 Å². The number of halogens is 1. The van der Waals surface area contributed by atoms with Gasteiger partial charge in [0.2, 0.25) is 6.08 Å². The van der Waals surface area contributed by atoms with E-state index in [1.165, 1.54) is 0 Å². The third kappa shape index (κ3) is 2.05. The second-order valence-corrected chi connectivity index (χ2v) is 5.12. The van der Waals surface area contributed by atoms with E-state index < -0.39 is 5.54 Å². The molecule has 1 aliphatic rings. The Hall–Kier alpha value is -1.31. The van der Waals surface area contributed by atoms with Crippen molar-refractivity contribution < 1.29 is 9.53 Å². The van der Waals surface area contributed by atoms with Crippen LogP contribution < -0.4 is 4.74 Å². The molecule has 1 aliphatic carbocycles. The van der Waals surface area contributed by atoms with Gasteiger partial charge in [0.25, 0.3) is 0 Å². The molecular formula is C14H16ClNO2. The highest BCUT2D eigenvalue weighted by Gasteiger charge is 2.39. The van der Waals surface area contributed by atoms with Crippen LogP contribution in [0.1, 0.15) is 36.8 Å². The van der Waals surface area contributed by atoms with E-state index >= 15 is 0 Å². The van der Waals surface area contributed by atoms with E-state index in [2.05, 4.69) is 4.99 Å². The van der Waals surface area contributed by atoms with Gasteiger partial charge in [0.05, 0.1) is 12.1 Å². The number of benzene rings is 1. The predicted molar refractivity (Wildman–Crippen MR) is 71.0 cm³/mol. The zero-order valence-corrected chi connectivity index (χ0v) is 11.4. The van der Waals surface area contributed by atoms with Gasteiger partial charge in [-0.15, -0.1) is 0 Å². The predicted octanol–water partition coefficient (Wildman–Crippen LogP) is 3.76. The van der Waals surface area contributed by atoms with Gasteiger partial charge in [-0.25, -0.2) is 4.79 Å². The molecule has 4 heteroatoms. The Bertz CT molecular complexity index is 501. The Morgan fingerprint density at radius 2 is 2.06 bits per heavy atom. The highest BCUT2D eigenvalue weighted by atomic mass is 35.5. The third-order valence-electron chi connectivity index (χ3n) is 3.68. The fourth-order valence-corrected chi connectivity index (χ4v) is 3.13. The van der Waals surface area contributed by atoms with Gasteiger partial charge in [-0.2, -0.15) is 4.99 Å². The van der Waals surface area contributed by atoms with Crippen molar-refractivity contribution in [1.82, 2.24) is 0 Å². The van der Waals surface area contributed by atoms with Crippen LogP contribution in [0.5, 0.6) is 5.75 Å². The second kappa shape index (κ2) is 5.13. The van der Waals surface area contributed by atoms with Crippen LogP contribution in [0.3, 0.4) is 0 Å². The molecular weight excluding hydrogens is 250 g/mol. The van der Waals surface area contributed by atoms with Gasteiger partial charge < -0.3 is 4.74 Å². The number of carbonyl (C=O) groups excluding carboxylic acids is 1. The number of methoxy groups -OCH3 is 1. The molecule has 0 radical (unpaired) electrons. The highest BCUT2D eigenvalue weighted by molar-refractivity contribution is 6.32. The quantitative estimate of drug-likeness (QED) is 0.616. The summed E-state index contributed by atoms with van der Waals surface area (Å²) in [6.45, 7) is 1.99. The second-order valence-electron chi connectivity index (χ2n) is 4.71. The summed E-state index contributed by atoms with van der Waals surface area (Å²) >= 11 is 6.18. The maximum absolute atomic E-state index is 10.8. The van der Waals surface area contributed by atoms with Gasteiger partial charge in [0, 0.05) is 5.56 Å². The molecule has 0 aliphatic heterocycles. The monoisotopic (exact) mass is 265 g/mol. The van der Waals surface area contributed by atoms with Crippen LogP contribution in [-0.2, 0) is 10.3 Å². The van der Waals surface area contributed by atoms with Gasteiger partial charge in [0.1, 0.15) is 11.3 Å². The van der Waals surface area contributed by atoms with Crippen LogP contribution in [0.15, 0.2) is 17.1 Å². The zero-order chi connectivity index (χ0) is 13.2. The first-order valence-electron chi connectivity index (χ1n) is 6.07. The Morgan fingerprint density at radius 1 is 1.39 bits per heavy atom. The van der Waals surface area contributed by atoms with Crippen molar-refractivity contribution in [3.05, 3.63) is 28.3 Å². The summed E-state index contributed by atoms with van der Waals surface area (Å²) in [7, 11) is 1.59. The van der Waals surface area contributed by atoms with E-state index in [1.54, 1.807) is 13.2 Å². The summed E-state index contributed by atoms with van der Waals surface area (Å²) < 4.78 is 5.42. The minimum Gasteiger partial charge on any atom is -0.495 e. The lowest BCUT2D eigenvalue weighted by atomic mass is 9.85. The third-order valence-corrected chi connectivity index (χ3v) is 3.98. The average Bonchev–Trinajstić information content (AvgIpc) is 2.81. The minimum absolute atomic E-state index is 0.498. The summed E-state index contributed by atoms with van der Waals surface area (Å²) in [6.07, 6.45) is 5.53. The Morgan fingerprint density at radius 3 is 2.61 bits per heavy atom. The largest absolute Gasteiger partial charge is 0.495 e. The average molecular weight is 266 g/mol. The van der Waals surface area contributed by atoms with Crippen molar-refractivity contribution in [3.63, 3.8) is 0 Å². The number of hydrogen-bond acceptors (Lipinski definition) is 3. The molecule has 1 aromatic rings. The number of aliphatic imine (C=N–C) groups is 1. The lowest BCUT2D eigenvalue weighted by Gasteiger charge is -2.27. The van der Waals surface area contributed by atoms with E-state index in [0.29, 0.717) is 10.8 Å². The molecule has 0 amide bonds. The highest BCUT2D eigenvalue weighted by Crippen LogP contribution is 2.48. The van der Waals surface area contributed by atoms with Crippen molar-refractivity contribution in [2.45, 2.75) is 38.1 Å². The van der Waals surface area contributed by atoms with Crippen molar-refractivity contribution in [3.8, 4) is 5.75 Å². The number of nitrogens with zero attached hydrogens (tertiary/aromatic N) is 1. The molecule has 0 heterocycles. The van der Waals surface area contributed by atoms with Gasteiger partial charge in [0.15, 0.2) is 0 Å². The van der Waals surface area contributed by atoms with Gasteiger partial charge in [-0.1, -0.05) is 30.5 Å². The molecule has 0 aromatic heterocycles. The fourth-order valence-electron chi connectivity index (χ4n) is 2.90. The molecule has 0 N–H and O–H groups in total. The molecule has 0 atom stereocenters. The molecule has 2 rings (SSSR count). The molecule has 3 nitrogen and oxygen atoms in total. The Balaban J connectivity index is 2.68. The number of aryl methyl sites for hydroxylation is 1. The first kappa shape index (κ1) is 13.1. The molecule has 0 saturated heterocycles. The maximum atomic E-state index is 10.8. The SMILES string of the molecule is COc1c(Cl)ccc(C)c1C1(N=C=O)CCCC1. The van der Waals surface area contributed by atoms with Crippen LogP contribution in [0.2, 0.25) is 5.02 Å². The van der Waals surface area contributed by atoms with Crippen LogP contribution >= 0.6 is 11.6 Å². The summed E-state index contributed by atoms with van der Waals surface area (Å²) in [5, 5.41) is 0.561. The molecule has 96 valence electrons. The number of hydrogen-bond donors (Lipinski definition) is 0. The van der Waals surface area contributed by atoms with Crippen LogP contribution in [0, 0.1) is 6.92 Å². The van der Waals surface area contributed by atoms with E-state index in [1.807, 2.05) is 19.1 Å². The number of isocyanates is 1. The minimum atomic E-state index is -0.498. The lowest BCUT2D eigenvalue weighted by molar-refractivity contribution is 0.378. The Kier molecular flexibility index (Phi) is 3.74. The topological polar surface area (TPSA) is 38.7 Å². The maximum Gasteiger partial charge on any atom is 0.235 e. The first-order chi connectivity index (χ1) is 8.64. The summed E-state index contributed by atoms with van der Waals surface area (Å²) in [4.78, 5) is 14.9. The Labute approximate surface area is 112 Å². The van der Waals surface area contributed by atoms with Crippen molar-refractivity contribution in [2.75, 3.05) is 7.11 Å². The van der Waals surface area contributed by atoms with Crippen LogP contribution in [0.25, 0.3) is 0 Å². The summed E-state index contributed by atoms with van der Waals surface area (Å²) in [5.74, 6) is 0.637. The van der Waals surface area contributed by atoms with E-state index in [0.717, 1.165) is 36.8 Å². The lowest BCUT2D eigenvalue weighted by Crippen LogP contribution is -2.21. The summed E-state index contributed by atoms with van der Waals surface area (Å²) in [6, 6.07) is 3.76. The zero-order valence-electron chi connectivity index (χ0n) is 10.6. The van der Waals surface area contributed by atoms with Gasteiger partial charge in [-0.3, -0.25) is 0 Å².